The Morgan fingerprint density at radius 3 is 1.94 bits per heavy atom. The number of hydrogen-bond acceptors (Lipinski definition) is 3. The summed E-state index contributed by atoms with van der Waals surface area (Å²) in [6.45, 7) is 9.46. The van der Waals surface area contributed by atoms with Gasteiger partial charge in [0, 0.05) is 12.0 Å². The molecule has 3 aromatic carbocycles. The predicted molar refractivity (Wildman–Crippen MR) is 151 cm³/mol. The van der Waals surface area contributed by atoms with Gasteiger partial charge in [0.1, 0.15) is 5.60 Å². The maximum Gasteiger partial charge on any atom is 0.162 e. The number of carbonyl (C=O) groups excluding carboxylic acids is 1. The van der Waals surface area contributed by atoms with E-state index in [1.165, 1.54) is 5.56 Å². The zero-order chi connectivity index (χ0) is 24.9. The molecule has 3 aromatic rings. The highest BCUT2D eigenvalue weighted by molar-refractivity contribution is 5.95. The van der Waals surface area contributed by atoms with Crippen LogP contribution in [0.5, 0.6) is 0 Å². The topological polar surface area (TPSA) is 40.5 Å². The third-order valence-corrected chi connectivity index (χ3v) is 7.51. The van der Waals surface area contributed by atoms with Gasteiger partial charge in [0.05, 0.1) is 0 Å². The molecule has 4 rings (SSSR count). The molecule has 1 unspecified atom stereocenters. The third kappa shape index (κ3) is 6.26. The van der Waals surface area contributed by atoms with E-state index < -0.39 is 5.60 Å². The Kier molecular flexibility index (Phi) is 9.52. The van der Waals surface area contributed by atoms with Crippen molar-refractivity contribution in [2.75, 3.05) is 19.6 Å². The average molecular weight is 506 g/mol. The Morgan fingerprint density at radius 1 is 0.833 bits per heavy atom. The van der Waals surface area contributed by atoms with Crippen LogP contribution in [0.1, 0.15) is 73.5 Å². The number of benzene rings is 3. The summed E-state index contributed by atoms with van der Waals surface area (Å²) in [4.78, 5) is 14.9. The zero-order valence-corrected chi connectivity index (χ0v) is 22.6. The number of rotatable bonds is 8. The Balaban J connectivity index is 0.00000361. The molecule has 1 heterocycles. The molecule has 3 nitrogen and oxygen atoms in total. The van der Waals surface area contributed by atoms with E-state index in [1.54, 1.807) is 0 Å². The van der Waals surface area contributed by atoms with Crippen LogP contribution in [0.25, 0.3) is 0 Å². The number of Topliss-reactive ketones (excluding diaryl/α,β-unsaturated/α-hetero) is 1. The van der Waals surface area contributed by atoms with Crippen LogP contribution in [0.4, 0.5) is 0 Å². The van der Waals surface area contributed by atoms with E-state index in [1.807, 2.05) is 48.5 Å². The summed E-state index contributed by atoms with van der Waals surface area (Å²) in [6, 6.07) is 28.2. The molecule has 0 spiro atoms. The number of likely N-dealkylation sites (tertiary alicyclic amines) is 1. The summed E-state index contributed by atoms with van der Waals surface area (Å²) in [6.07, 6.45) is 3.30. The number of nitrogens with zero attached hydrogens (tertiary/aromatic N) is 1. The summed E-state index contributed by atoms with van der Waals surface area (Å²) in [7, 11) is 0. The van der Waals surface area contributed by atoms with E-state index in [0.717, 1.165) is 55.6 Å². The Hall–Kier alpha value is -2.46. The summed E-state index contributed by atoms with van der Waals surface area (Å²) in [5.74, 6) is 0.355. The number of carbonyl (C=O) groups is 1. The minimum Gasteiger partial charge on any atom is -0.380 e. The molecule has 1 N–H and O–H groups in total. The smallest absolute Gasteiger partial charge is 0.162 e. The van der Waals surface area contributed by atoms with Crippen molar-refractivity contribution in [3.63, 3.8) is 0 Å². The number of aliphatic hydroxyl groups is 1. The first-order chi connectivity index (χ1) is 16.8. The highest BCUT2D eigenvalue weighted by Gasteiger charge is 2.43. The van der Waals surface area contributed by atoms with Crippen LogP contribution in [0.15, 0.2) is 84.9 Å². The minimum atomic E-state index is -1.03. The van der Waals surface area contributed by atoms with Crippen LogP contribution in [0.3, 0.4) is 0 Å². The molecule has 0 aliphatic carbocycles. The second kappa shape index (κ2) is 12.2. The summed E-state index contributed by atoms with van der Waals surface area (Å²) >= 11 is 0. The van der Waals surface area contributed by atoms with Crippen molar-refractivity contribution in [2.45, 2.75) is 57.5 Å². The maximum atomic E-state index is 12.5. The standard InChI is InChI=1S/C32H39NO2.ClH/c1-31(2,3)28-17-10-11-18-29(28)32(35,26-15-8-5-9-16-26)27-20-23-33(24-21-27)22-12-19-30(34)25-13-6-4-7-14-25;/h4-11,13-18,27,35H,12,19-24H2,1-3H3;1H. The first kappa shape index (κ1) is 28.1. The molecule has 0 bridgehead atoms. The van der Waals surface area contributed by atoms with Crippen LogP contribution >= 0.6 is 12.4 Å². The van der Waals surface area contributed by atoms with Crippen molar-refractivity contribution in [3.05, 3.63) is 107 Å². The number of halogens is 1. The molecule has 192 valence electrons. The number of hydrogen-bond donors (Lipinski definition) is 1. The molecular formula is C32H40ClNO2. The molecule has 1 atom stereocenters. The van der Waals surface area contributed by atoms with Gasteiger partial charge in [-0.25, -0.2) is 0 Å². The van der Waals surface area contributed by atoms with Gasteiger partial charge in [0.2, 0.25) is 0 Å². The lowest BCUT2D eigenvalue weighted by molar-refractivity contribution is -0.0154. The van der Waals surface area contributed by atoms with Crippen molar-refractivity contribution in [3.8, 4) is 0 Å². The Labute approximate surface area is 223 Å². The molecule has 0 radical (unpaired) electrons. The SMILES string of the molecule is CC(C)(C)c1ccccc1C(O)(c1ccccc1)C1CCN(CCCC(=O)c2ccccc2)CC1.Cl. The molecule has 1 fully saturated rings. The normalized spacial score (nSPS) is 16.7. The van der Waals surface area contributed by atoms with Gasteiger partial charge in [-0.15, -0.1) is 12.4 Å². The second-order valence-corrected chi connectivity index (χ2v) is 10.9. The second-order valence-electron chi connectivity index (χ2n) is 10.9. The summed E-state index contributed by atoms with van der Waals surface area (Å²) in [5, 5.41) is 12.5. The molecule has 1 aliphatic rings. The van der Waals surface area contributed by atoms with E-state index >= 15 is 0 Å². The van der Waals surface area contributed by atoms with Crippen LogP contribution in [-0.4, -0.2) is 35.4 Å². The third-order valence-electron chi connectivity index (χ3n) is 7.51. The molecule has 0 aromatic heterocycles. The van der Waals surface area contributed by atoms with Gasteiger partial charge in [0.15, 0.2) is 5.78 Å². The Morgan fingerprint density at radius 2 is 1.36 bits per heavy atom. The lowest BCUT2D eigenvalue weighted by atomic mass is 9.68. The highest BCUT2D eigenvalue weighted by atomic mass is 35.5. The quantitative estimate of drug-likeness (QED) is 0.334. The van der Waals surface area contributed by atoms with E-state index in [-0.39, 0.29) is 29.5 Å². The van der Waals surface area contributed by atoms with Gasteiger partial charge >= 0.3 is 0 Å². The summed E-state index contributed by atoms with van der Waals surface area (Å²) < 4.78 is 0. The monoisotopic (exact) mass is 505 g/mol. The van der Waals surface area contributed by atoms with Crippen LogP contribution < -0.4 is 0 Å². The average Bonchev–Trinajstić information content (AvgIpc) is 2.89. The Bertz CT molecular complexity index is 1100. The number of ketones is 1. The lowest BCUT2D eigenvalue weighted by Gasteiger charge is -2.44. The van der Waals surface area contributed by atoms with Crippen molar-refractivity contribution < 1.29 is 9.90 Å². The molecule has 36 heavy (non-hydrogen) atoms. The molecule has 1 saturated heterocycles. The highest BCUT2D eigenvalue weighted by Crippen LogP contribution is 2.45. The number of piperidine rings is 1. The molecular weight excluding hydrogens is 466 g/mol. The van der Waals surface area contributed by atoms with Gasteiger partial charge in [-0.1, -0.05) is 106 Å². The molecule has 0 amide bonds. The fourth-order valence-electron chi connectivity index (χ4n) is 5.58. The van der Waals surface area contributed by atoms with Crippen molar-refractivity contribution in [1.29, 1.82) is 0 Å². The fraction of sp³-hybridized carbons (Fsp3) is 0.406. The largest absolute Gasteiger partial charge is 0.380 e. The van der Waals surface area contributed by atoms with Gasteiger partial charge < -0.3 is 10.0 Å². The lowest BCUT2D eigenvalue weighted by Crippen LogP contribution is -2.45. The fourth-order valence-corrected chi connectivity index (χ4v) is 5.58. The van der Waals surface area contributed by atoms with Crippen molar-refractivity contribution in [2.24, 2.45) is 5.92 Å². The molecule has 1 aliphatic heterocycles. The van der Waals surface area contributed by atoms with E-state index in [2.05, 4.69) is 62.1 Å². The minimum absolute atomic E-state index is 0. The predicted octanol–water partition coefficient (Wildman–Crippen LogP) is 7.02. The van der Waals surface area contributed by atoms with Gasteiger partial charge in [-0.2, -0.15) is 0 Å². The van der Waals surface area contributed by atoms with Crippen LogP contribution in [-0.2, 0) is 11.0 Å². The van der Waals surface area contributed by atoms with Gasteiger partial charge in [-0.3, -0.25) is 4.79 Å². The summed E-state index contributed by atoms with van der Waals surface area (Å²) in [5.41, 5.74) is 2.92. The van der Waals surface area contributed by atoms with Crippen LogP contribution in [0, 0.1) is 5.92 Å². The van der Waals surface area contributed by atoms with E-state index in [0.29, 0.717) is 6.42 Å². The maximum absolute atomic E-state index is 12.5. The first-order valence-electron chi connectivity index (χ1n) is 13.0. The first-order valence-corrected chi connectivity index (χ1v) is 13.0. The zero-order valence-electron chi connectivity index (χ0n) is 21.8. The van der Waals surface area contributed by atoms with Crippen molar-refractivity contribution >= 4 is 18.2 Å². The van der Waals surface area contributed by atoms with E-state index in [4.69, 9.17) is 0 Å². The van der Waals surface area contributed by atoms with Crippen LogP contribution in [0.2, 0.25) is 0 Å². The molecule has 0 saturated carbocycles. The molecule has 4 heteroatoms. The van der Waals surface area contributed by atoms with E-state index in [9.17, 15) is 9.90 Å². The van der Waals surface area contributed by atoms with Gasteiger partial charge in [0.25, 0.3) is 0 Å². The van der Waals surface area contributed by atoms with Gasteiger partial charge in [-0.05, 0) is 66.9 Å². The van der Waals surface area contributed by atoms with Crippen molar-refractivity contribution in [1.82, 2.24) is 4.90 Å².